The second kappa shape index (κ2) is 5.35. The molecule has 0 saturated heterocycles. The highest BCUT2D eigenvalue weighted by molar-refractivity contribution is 5.81. The van der Waals surface area contributed by atoms with E-state index in [0.29, 0.717) is 12.5 Å². The van der Waals surface area contributed by atoms with Crippen LogP contribution >= 0.6 is 0 Å². The third-order valence-electron chi connectivity index (χ3n) is 1.86. The Kier molecular flexibility index (Phi) is 5.13. The van der Waals surface area contributed by atoms with Crippen LogP contribution < -0.4 is 11.1 Å². The predicted octanol–water partition coefficient (Wildman–Crippen LogP) is 1.52. The van der Waals surface area contributed by atoms with Gasteiger partial charge < -0.3 is 11.1 Å². The third-order valence-corrected chi connectivity index (χ3v) is 1.86. The summed E-state index contributed by atoms with van der Waals surface area (Å²) in [4.78, 5) is 11.5. The summed E-state index contributed by atoms with van der Waals surface area (Å²) in [6.45, 7) is 11.1. The first-order valence-corrected chi connectivity index (χ1v) is 5.25. The Bertz CT molecular complexity index is 182. The quantitative estimate of drug-likeness (QED) is 0.723. The number of nitrogens with two attached hydrogens (primary N) is 1. The van der Waals surface area contributed by atoms with Gasteiger partial charge in [0, 0.05) is 6.54 Å². The number of hydrogen-bond acceptors (Lipinski definition) is 2. The number of amides is 1. The lowest BCUT2D eigenvalue weighted by molar-refractivity contribution is -0.123. The summed E-state index contributed by atoms with van der Waals surface area (Å²) in [5.41, 5.74) is 5.85. The summed E-state index contributed by atoms with van der Waals surface area (Å²) in [5.74, 6) is 0.430. The largest absolute Gasteiger partial charge is 0.354 e. The summed E-state index contributed by atoms with van der Waals surface area (Å²) in [5, 5.41) is 2.86. The van der Waals surface area contributed by atoms with E-state index in [2.05, 4.69) is 39.9 Å². The van der Waals surface area contributed by atoms with Crippen LogP contribution in [-0.4, -0.2) is 18.5 Å². The van der Waals surface area contributed by atoms with Crippen molar-refractivity contribution in [3.05, 3.63) is 0 Å². The zero-order valence-corrected chi connectivity index (χ0v) is 10.1. The number of rotatable bonds is 4. The highest BCUT2D eigenvalue weighted by atomic mass is 16.2. The fourth-order valence-corrected chi connectivity index (χ4v) is 1.10. The average Bonchev–Trinajstić information content (AvgIpc) is 1.97. The molecule has 0 fully saturated rings. The summed E-state index contributed by atoms with van der Waals surface area (Å²) < 4.78 is 0. The van der Waals surface area contributed by atoms with Gasteiger partial charge >= 0.3 is 0 Å². The molecule has 14 heavy (non-hydrogen) atoms. The van der Waals surface area contributed by atoms with Gasteiger partial charge in [-0.15, -0.1) is 0 Å². The van der Waals surface area contributed by atoms with Gasteiger partial charge in [-0.2, -0.15) is 0 Å². The van der Waals surface area contributed by atoms with Crippen LogP contribution in [0.15, 0.2) is 0 Å². The van der Waals surface area contributed by atoms with Crippen molar-refractivity contribution in [2.24, 2.45) is 17.1 Å². The van der Waals surface area contributed by atoms with E-state index in [9.17, 15) is 4.79 Å². The fourth-order valence-electron chi connectivity index (χ4n) is 1.10. The Morgan fingerprint density at radius 3 is 2.21 bits per heavy atom. The van der Waals surface area contributed by atoms with Gasteiger partial charge in [-0.05, 0) is 17.8 Å². The predicted molar refractivity (Wildman–Crippen MR) is 59.9 cm³/mol. The van der Waals surface area contributed by atoms with Crippen LogP contribution in [-0.2, 0) is 4.79 Å². The second-order valence-electron chi connectivity index (χ2n) is 5.51. The van der Waals surface area contributed by atoms with Crippen molar-refractivity contribution in [2.75, 3.05) is 6.54 Å². The third kappa shape index (κ3) is 6.89. The minimum atomic E-state index is -0.364. The lowest BCUT2D eigenvalue weighted by Crippen LogP contribution is -2.44. The Morgan fingerprint density at radius 1 is 1.36 bits per heavy atom. The zero-order valence-electron chi connectivity index (χ0n) is 10.1. The van der Waals surface area contributed by atoms with Crippen LogP contribution in [0.1, 0.15) is 41.0 Å². The van der Waals surface area contributed by atoms with E-state index in [1.807, 2.05) is 0 Å². The SMILES string of the molecule is CC(C)C[C@H](N)C(=O)NCC(C)(C)C. The first-order chi connectivity index (χ1) is 6.22. The molecule has 0 aliphatic carbocycles. The van der Waals surface area contributed by atoms with Crippen molar-refractivity contribution >= 4 is 5.91 Å². The maximum atomic E-state index is 11.5. The highest BCUT2D eigenvalue weighted by Crippen LogP contribution is 2.10. The molecule has 0 aromatic rings. The number of nitrogens with one attached hydrogen (secondary N) is 1. The smallest absolute Gasteiger partial charge is 0.236 e. The number of hydrogen-bond donors (Lipinski definition) is 2. The van der Waals surface area contributed by atoms with Crippen LogP contribution in [0.2, 0.25) is 0 Å². The van der Waals surface area contributed by atoms with Crippen LogP contribution in [0.5, 0.6) is 0 Å². The molecule has 0 spiro atoms. The molecule has 0 aliphatic rings. The molecule has 0 aromatic heterocycles. The van der Waals surface area contributed by atoms with Crippen LogP contribution in [0.4, 0.5) is 0 Å². The van der Waals surface area contributed by atoms with Crippen molar-refractivity contribution in [1.29, 1.82) is 0 Å². The molecular formula is C11H24N2O. The average molecular weight is 200 g/mol. The molecule has 0 radical (unpaired) electrons. The minimum absolute atomic E-state index is 0.0337. The summed E-state index contributed by atoms with van der Waals surface area (Å²) in [6.07, 6.45) is 0.746. The van der Waals surface area contributed by atoms with Crippen molar-refractivity contribution in [3.8, 4) is 0 Å². The molecule has 0 heterocycles. The first-order valence-electron chi connectivity index (χ1n) is 5.25. The lowest BCUT2D eigenvalue weighted by Gasteiger charge is -2.21. The maximum Gasteiger partial charge on any atom is 0.236 e. The Morgan fingerprint density at radius 2 is 1.86 bits per heavy atom. The normalized spacial score (nSPS) is 14.2. The molecule has 3 nitrogen and oxygen atoms in total. The van der Waals surface area contributed by atoms with Crippen LogP contribution in [0, 0.1) is 11.3 Å². The molecule has 0 saturated carbocycles. The fraction of sp³-hybridized carbons (Fsp3) is 0.909. The monoisotopic (exact) mass is 200 g/mol. The molecule has 3 heteroatoms. The number of carbonyl (C=O) groups is 1. The summed E-state index contributed by atoms with van der Waals surface area (Å²) in [6, 6.07) is -0.364. The van der Waals surface area contributed by atoms with E-state index in [1.54, 1.807) is 0 Å². The van der Waals surface area contributed by atoms with E-state index in [-0.39, 0.29) is 17.4 Å². The van der Waals surface area contributed by atoms with Crippen molar-refractivity contribution in [3.63, 3.8) is 0 Å². The molecule has 0 aliphatic heterocycles. The molecule has 0 rings (SSSR count). The highest BCUT2D eigenvalue weighted by Gasteiger charge is 2.17. The van der Waals surface area contributed by atoms with E-state index in [1.165, 1.54) is 0 Å². The van der Waals surface area contributed by atoms with Crippen molar-refractivity contribution in [1.82, 2.24) is 5.32 Å². The van der Waals surface area contributed by atoms with Gasteiger partial charge in [-0.3, -0.25) is 4.79 Å². The summed E-state index contributed by atoms with van der Waals surface area (Å²) >= 11 is 0. The first kappa shape index (κ1) is 13.4. The van der Waals surface area contributed by atoms with E-state index in [0.717, 1.165) is 6.42 Å². The standard InChI is InChI=1S/C11H24N2O/c1-8(2)6-9(12)10(14)13-7-11(3,4)5/h8-9H,6-7,12H2,1-5H3,(H,13,14)/t9-/m0/s1. The molecule has 1 amide bonds. The number of carbonyl (C=O) groups excluding carboxylic acids is 1. The van der Waals surface area contributed by atoms with Gasteiger partial charge in [0.05, 0.1) is 6.04 Å². The topological polar surface area (TPSA) is 55.1 Å². The molecular weight excluding hydrogens is 176 g/mol. The molecule has 0 unspecified atom stereocenters. The Hall–Kier alpha value is -0.570. The van der Waals surface area contributed by atoms with Gasteiger partial charge in [-0.1, -0.05) is 34.6 Å². The van der Waals surface area contributed by atoms with Gasteiger partial charge in [0.1, 0.15) is 0 Å². The van der Waals surface area contributed by atoms with Gasteiger partial charge in [-0.25, -0.2) is 0 Å². The lowest BCUT2D eigenvalue weighted by atomic mass is 9.96. The molecule has 1 atom stereocenters. The van der Waals surface area contributed by atoms with Crippen molar-refractivity contribution in [2.45, 2.75) is 47.1 Å². The molecule has 0 bridgehead atoms. The molecule has 3 N–H and O–H groups in total. The molecule has 84 valence electrons. The van der Waals surface area contributed by atoms with E-state index < -0.39 is 0 Å². The summed E-state index contributed by atoms with van der Waals surface area (Å²) in [7, 11) is 0. The Labute approximate surface area is 87.4 Å². The van der Waals surface area contributed by atoms with Gasteiger partial charge in [0.2, 0.25) is 5.91 Å². The van der Waals surface area contributed by atoms with Gasteiger partial charge in [0.15, 0.2) is 0 Å². The second-order valence-corrected chi connectivity index (χ2v) is 5.51. The van der Waals surface area contributed by atoms with Gasteiger partial charge in [0.25, 0.3) is 0 Å². The van der Waals surface area contributed by atoms with E-state index in [4.69, 9.17) is 5.73 Å². The minimum Gasteiger partial charge on any atom is -0.354 e. The van der Waals surface area contributed by atoms with Crippen LogP contribution in [0.25, 0.3) is 0 Å². The molecule has 0 aromatic carbocycles. The Balaban J connectivity index is 3.85. The zero-order chi connectivity index (χ0) is 11.4. The maximum absolute atomic E-state index is 11.5. The van der Waals surface area contributed by atoms with Crippen LogP contribution in [0.3, 0.4) is 0 Å². The van der Waals surface area contributed by atoms with E-state index >= 15 is 0 Å². The van der Waals surface area contributed by atoms with Crippen molar-refractivity contribution < 1.29 is 4.79 Å².